The minimum Gasteiger partial charge on any atom is -0.393 e. The van der Waals surface area contributed by atoms with Gasteiger partial charge >= 0.3 is 0 Å². The zero-order valence-electron chi connectivity index (χ0n) is 12.2. The van der Waals surface area contributed by atoms with Crippen LogP contribution >= 0.6 is 0 Å². The number of carbonyl (C=O) groups excluding carboxylic acids is 1. The fourth-order valence-corrected chi connectivity index (χ4v) is 2.78. The van der Waals surface area contributed by atoms with Gasteiger partial charge in [0.2, 0.25) is 5.91 Å². The molecular formula is C16H24N2O2. The van der Waals surface area contributed by atoms with E-state index < -0.39 is 0 Å². The fraction of sp³-hybridized carbons (Fsp3) is 0.562. The van der Waals surface area contributed by atoms with Crippen LogP contribution in [-0.2, 0) is 4.79 Å². The lowest BCUT2D eigenvalue weighted by molar-refractivity contribution is -0.114. The third kappa shape index (κ3) is 4.32. The minimum atomic E-state index is -0.119. The molecule has 1 atom stereocenters. The van der Waals surface area contributed by atoms with Gasteiger partial charge in [-0.3, -0.25) is 4.79 Å². The van der Waals surface area contributed by atoms with Gasteiger partial charge in [-0.05, 0) is 50.3 Å². The monoisotopic (exact) mass is 276 g/mol. The van der Waals surface area contributed by atoms with E-state index in [0.717, 1.165) is 31.4 Å². The van der Waals surface area contributed by atoms with Gasteiger partial charge in [-0.15, -0.1) is 0 Å². The minimum absolute atomic E-state index is 0.0518. The van der Waals surface area contributed by atoms with Crippen molar-refractivity contribution >= 4 is 11.6 Å². The SMILES string of the molecule is CC(=O)Nc1cccc(C(C)NC2CCC(O)CC2)c1. The van der Waals surface area contributed by atoms with Gasteiger partial charge in [-0.25, -0.2) is 0 Å². The van der Waals surface area contributed by atoms with E-state index in [-0.39, 0.29) is 18.1 Å². The average molecular weight is 276 g/mol. The lowest BCUT2D eigenvalue weighted by atomic mass is 9.92. The Labute approximate surface area is 120 Å². The molecule has 0 heterocycles. The first-order valence-corrected chi connectivity index (χ1v) is 7.36. The summed E-state index contributed by atoms with van der Waals surface area (Å²) in [5.41, 5.74) is 2.00. The highest BCUT2D eigenvalue weighted by Crippen LogP contribution is 2.23. The molecule has 0 bridgehead atoms. The number of carbonyl (C=O) groups is 1. The molecule has 2 rings (SSSR count). The van der Waals surface area contributed by atoms with E-state index in [2.05, 4.69) is 23.6 Å². The molecule has 0 spiro atoms. The van der Waals surface area contributed by atoms with Crippen LogP contribution in [-0.4, -0.2) is 23.2 Å². The van der Waals surface area contributed by atoms with Crippen LogP contribution in [0.1, 0.15) is 51.1 Å². The second kappa shape index (κ2) is 6.86. The van der Waals surface area contributed by atoms with Gasteiger partial charge in [0.25, 0.3) is 0 Å². The highest BCUT2D eigenvalue weighted by molar-refractivity contribution is 5.88. The molecule has 1 aromatic rings. The average Bonchev–Trinajstić information content (AvgIpc) is 2.41. The lowest BCUT2D eigenvalue weighted by Crippen LogP contribution is -2.36. The topological polar surface area (TPSA) is 61.4 Å². The van der Waals surface area contributed by atoms with E-state index in [1.807, 2.05) is 18.2 Å². The van der Waals surface area contributed by atoms with Crippen LogP contribution in [0.4, 0.5) is 5.69 Å². The molecule has 4 heteroatoms. The maximum atomic E-state index is 11.1. The number of nitrogens with one attached hydrogen (secondary N) is 2. The molecule has 1 aromatic carbocycles. The van der Waals surface area contributed by atoms with Crippen LogP contribution in [0.2, 0.25) is 0 Å². The number of hydrogen-bond donors (Lipinski definition) is 3. The van der Waals surface area contributed by atoms with Gasteiger partial charge in [0.15, 0.2) is 0 Å². The molecule has 1 aliphatic rings. The third-order valence-corrected chi connectivity index (χ3v) is 3.89. The number of aliphatic hydroxyl groups is 1. The van der Waals surface area contributed by atoms with Gasteiger partial charge in [-0.1, -0.05) is 12.1 Å². The molecule has 3 N–H and O–H groups in total. The van der Waals surface area contributed by atoms with Crippen molar-refractivity contribution in [3.63, 3.8) is 0 Å². The summed E-state index contributed by atoms with van der Waals surface area (Å²) in [5.74, 6) is -0.0518. The van der Waals surface area contributed by atoms with Crippen LogP contribution in [0.3, 0.4) is 0 Å². The number of hydrogen-bond acceptors (Lipinski definition) is 3. The van der Waals surface area contributed by atoms with Crippen molar-refractivity contribution in [3.8, 4) is 0 Å². The summed E-state index contributed by atoms with van der Waals surface area (Å²) in [6.07, 6.45) is 3.70. The molecule has 1 unspecified atom stereocenters. The van der Waals surface area contributed by atoms with E-state index in [9.17, 15) is 9.90 Å². The first kappa shape index (κ1) is 15.0. The highest BCUT2D eigenvalue weighted by Gasteiger charge is 2.20. The Morgan fingerprint density at radius 1 is 1.30 bits per heavy atom. The standard InChI is InChI=1S/C16H24N2O2/c1-11(17-14-6-8-16(20)9-7-14)13-4-3-5-15(10-13)18-12(2)19/h3-5,10-11,14,16-17,20H,6-9H2,1-2H3,(H,18,19). The number of anilines is 1. The Morgan fingerprint density at radius 2 is 2.00 bits per heavy atom. The van der Waals surface area contributed by atoms with Gasteiger partial charge in [0.1, 0.15) is 0 Å². The van der Waals surface area contributed by atoms with Crippen LogP contribution < -0.4 is 10.6 Å². The van der Waals surface area contributed by atoms with E-state index in [1.54, 1.807) is 0 Å². The molecule has 0 radical (unpaired) electrons. The molecule has 110 valence electrons. The first-order valence-electron chi connectivity index (χ1n) is 7.36. The van der Waals surface area contributed by atoms with Crippen molar-refractivity contribution in [2.24, 2.45) is 0 Å². The zero-order valence-corrected chi connectivity index (χ0v) is 12.2. The second-order valence-electron chi connectivity index (χ2n) is 5.70. The highest BCUT2D eigenvalue weighted by atomic mass is 16.3. The Hall–Kier alpha value is -1.39. The summed E-state index contributed by atoms with van der Waals surface area (Å²) in [5, 5.41) is 16.0. The molecule has 1 saturated carbocycles. The maximum Gasteiger partial charge on any atom is 0.221 e. The van der Waals surface area contributed by atoms with Crippen molar-refractivity contribution in [1.29, 1.82) is 0 Å². The van der Waals surface area contributed by atoms with Gasteiger partial charge in [0.05, 0.1) is 6.10 Å². The third-order valence-electron chi connectivity index (χ3n) is 3.89. The first-order chi connectivity index (χ1) is 9.54. The summed E-state index contributed by atoms with van der Waals surface area (Å²) in [7, 11) is 0. The fourth-order valence-electron chi connectivity index (χ4n) is 2.78. The van der Waals surface area contributed by atoms with Crippen molar-refractivity contribution < 1.29 is 9.90 Å². The van der Waals surface area contributed by atoms with E-state index in [0.29, 0.717) is 6.04 Å². The smallest absolute Gasteiger partial charge is 0.221 e. The van der Waals surface area contributed by atoms with Gasteiger partial charge < -0.3 is 15.7 Å². The normalized spacial score (nSPS) is 24.1. The number of amides is 1. The predicted octanol–water partition coefficient (Wildman–Crippen LogP) is 2.60. The van der Waals surface area contributed by atoms with Crippen LogP contribution in [0.25, 0.3) is 0 Å². The Kier molecular flexibility index (Phi) is 5.15. The largest absolute Gasteiger partial charge is 0.393 e. The van der Waals surface area contributed by atoms with Crippen molar-refractivity contribution in [1.82, 2.24) is 5.32 Å². The van der Waals surface area contributed by atoms with Crippen molar-refractivity contribution in [2.75, 3.05) is 5.32 Å². The summed E-state index contributed by atoms with van der Waals surface area (Å²) in [6.45, 7) is 3.65. The van der Waals surface area contributed by atoms with E-state index in [1.165, 1.54) is 12.5 Å². The van der Waals surface area contributed by atoms with Crippen LogP contribution in [0, 0.1) is 0 Å². The molecule has 0 aromatic heterocycles. The van der Waals surface area contributed by atoms with Crippen LogP contribution in [0.5, 0.6) is 0 Å². The van der Waals surface area contributed by atoms with Gasteiger partial charge in [-0.2, -0.15) is 0 Å². The Bertz CT molecular complexity index is 454. The molecule has 1 aliphatic carbocycles. The molecule has 1 amide bonds. The second-order valence-corrected chi connectivity index (χ2v) is 5.70. The predicted molar refractivity (Wildman–Crippen MR) is 80.6 cm³/mol. The summed E-state index contributed by atoms with van der Waals surface area (Å²) in [4.78, 5) is 11.1. The molecule has 0 aliphatic heterocycles. The van der Waals surface area contributed by atoms with E-state index in [4.69, 9.17) is 0 Å². The Balaban J connectivity index is 1.94. The zero-order chi connectivity index (χ0) is 14.5. The summed E-state index contributed by atoms with van der Waals surface area (Å²) < 4.78 is 0. The number of aliphatic hydroxyl groups excluding tert-OH is 1. The van der Waals surface area contributed by atoms with Crippen LogP contribution in [0.15, 0.2) is 24.3 Å². The Morgan fingerprint density at radius 3 is 2.65 bits per heavy atom. The molecule has 0 saturated heterocycles. The van der Waals surface area contributed by atoms with Crippen molar-refractivity contribution in [3.05, 3.63) is 29.8 Å². The summed E-state index contributed by atoms with van der Waals surface area (Å²) >= 11 is 0. The number of rotatable bonds is 4. The molecule has 4 nitrogen and oxygen atoms in total. The van der Waals surface area contributed by atoms with Gasteiger partial charge in [0, 0.05) is 24.7 Å². The summed E-state index contributed by atoms with van der Waals surface area (Å²) in [6, 6.07) is 8.65. The quantitative estimate of drug-likeness (QED) is 0.792. The number of benzene rings is 1. The molecule has 20 heavy (non-hydrogen) atoms. The van der Waals surface area contributed by atoms with E-state index >= 15 is 0 Å². The molecule has 1 fully saturated rings. The maximum absolute atomic E-state index is 11.1. The lowest BCUT2D eigenvalue weighted by Gasteiger charge is -2.29. The van der Waals surface area contributed by atoms with Crippen molar-refractivity contribution in [2.45, 2.75) is 57.7 Å². The molecular weight excluding hydrogens is 252 g/mol.